The molecule has 3 fully saturated rings. The van der Waals surface area contributed by atoms with Crippen molar-refractivity contribution in [3.8, 4) is 0 Å². The Morgan fingerprint density at radius 1 is 1.12 bits per heavy atom. The molecule has 6 atom stereocenters. The van der Waals surface area contributed by atoms with Crippen LogP contribution < -0.4 is 0 Å². The van der Waals surface area contributed by atoms with Crippen molar-refractivity contribution < 1.29 is 9.59 Å². The predicted molar refractivity (Wildman–Crippen MR) is 101 cm³/mol. The normalized spacial score (nSPS) is 43.1. The highest BCUT2D eigenvalue weighted by Crippen LogP contribution is 2.64. The zero-order valence-corrected chi connectivity index (χ0v) is 17.1. The summed E-state index contributed by atoms with van der Waals surface area (Å²) < 4.78 is 0. The second-order valence-electron chi connectivity index (χ2n) is 10.0. The van der Waals surface area contributed by atoms with Crippen LogP contribution in [-0.2, 0) is 9.59 Å². The van der Waals surface area contributed by atoms with Gasteiger partial charge in [-0.1, -0.05) is 34.1 Å². The Morgan fingerprint density at radius 3 is 2.40 bits per heavy atom. The van der Waals surface area contributed by atoms with Gasteiger partial charge in [-0.2, -0.15) is 0 Å². The minimum Gasteiger partial charge on any atom is -0.349 e. The van der Waals surface area contributed by atoms with Crippen molar-refractivity contribution in [1.29, 1.82) is 0 Å². The largest absolute Gasteiger partial charge is 0.349 e. The Labute approximate surface area is 153 Å². The van der Waals surface area contributed by atoms with E-state index in [4.69, 9.17) is 0 Å². The Bertz CT molecular complexity index is 552. The average molecular weight is 348 g/mol. The van der Waals surface area contributed by atoms with Crippen molar-refractivity contribution in [2.24, 2.45) is 40.4 Å². The highest BCUT2D eigenvalue weighted by molar-refractivity contribution is 5.85. The van der Waals surface area contributed by atoms with Crippen molar-refractivity contribution >= 4 is 11.7 Å². The van der Waals surface area contributed by atoms with Gasteiger partial charge in [-0.25, -0.2) is 0 Å². The third-order valence-corrected chi connectivity index (χ3v) is 8.51. The molecular weight excluding hydrogens is 310 g/mol. The topological polar surface area (TPSA) is 37.4 Å². The lowest BCUT2D eigenvalue weighted by Gasteiger charge is -2.62. The van der Waals surface area contributed by atoms with Crippen LogP contribution in [0.25, 0.3) is 0 Å². The van der Waals surface area contributed by atoms with Crippen molar-refractivity contribution in [2.45, 2.75) is 72.6 Å². The second kappa shape index (κ2) is 6.39. The molecule has 3 nitrogen and oxygen atoms in total. The number of ketones is 1. The summed E-state index contributed by atoms with van der Waals surface area (Å²) in [6.07, 6.45) is 7.49. The van der Waals surface area contributed by atoms with Gasteiger partial charge in [0.1, 0.15) is 5.78 Å². The average Bonchev–Trinajstić information content (AvgIpc) is 2.56. The first-order valence-corrected chi connectivity index (χ1v) is 10.4. The molecule has 3 rings (SSSR count). The van der Waals surface area contributed by atoms with E-state index in [2.05, 4.69) is 27.7 Å². The lowest BCUT2D eigenvalue weighted by molar-refractivity contribution is -0.163. The maximum atomic E-state index is 12.7. The zero-order valence-electron chi connectivity index (χ0n) is 17.1. The van der Waals surface area contributed by atoms with Crippen LogP contribution in [0, 0.1) is 40.4 Å². The molecule has 3 aliphatic rings. The molecule has 142 valence electrons. The zero-order chi connectivity index (χ0) is 18.6. The Kier molecular flexibility index (Phi) is 4.83. The smallest absolute Gasteiger partial charge is 0.225 e. The molecule has 0 heterocycles. The Balaban J connectivity index is 1.90. The summed E-state index contributed by atoms with van der Waals surface area (Å²) in [5.41, 5.74) is 0.107. The predicted octanol–water partition coefficient (Wildman–Crippen LogP) is 4.55. The van der Waals surface area contributed by atoms with Crippen LogP contribution in [0.4, 0.5) is 0 Å². The van der Waals surface area contributed by atoms with E-state index in [1.807, 2.05) is 14.1 Å². The number of Topliss-reactive ketones (excluding diaryl/α,β-unsaturated/α-hetero) is 1. The van der Waals surface area contributed by atoms with Crippen LogP contribution in [0.2, 0.25) is 0 Å². The van der Waals surface area contributed by atoms with Gasteiger partial charge in [0.15, 0.2) is 0 Å². The molecular formula is C22H37NO2. The number of nitrogens with zero attached hydrogens (tertiary/aromatic N) is 1. The van der Waals surface area contributed by atoms with E-state index in [1.165, 1.54) is 12.8 Å². The van der Waals surface area contributed by atoms with E-state index in [0.717, 1.165) is 32.1 Å². The quantitative estimate of drug-likeness (QED) is 0.735. The SMILES string of the molecule is CCC1C(C(=O)N(C)C)CCC2C1CCC1C(C)(C)C(=O)CCC21C. The summed E-state index contributed by atoms with van der Waals surface area (Å²) in [4.78, 5) is 27.1. The summed E-state index contributed by atoms with van der Waals surface area (Å²) in [7, 11) is 3.79. The van der Waals surface area contributed by atoms with Gasteiger partial charge < -0.3 is 4.90 Å². The minimum absolute atomic E-state index is 0.171. The molecule has 0 saturated heterocycles. The maximum Gasteiger partial charge on any atom is 0.225 e. The molecule has 0 aromatic carbocycles. The summed E-state index contributed by atoms with van der Waals surface area (Å²) >= 11 is 0. The fourth-order valence-electron chi connectivity index (χ4n) is 7.24. The highest BCUT2D eigenvalue weighted by Gasteiger charge is 2.59. The Hall–Kier alpha value is -0.860. The van der Waals surface area contributed by atoms with Gasteiger partial charge in [0.05, 0.1) is 0 Å². The van der Waals surface area contributed by atoms with E-state index in [1.54, 1.807) is 4.90 Å². The van der Waals surface area contributed by atoms with Crippen LogP contribution in [0.1, 0.15) is 72.6 Å². The fourth-order valence-corrected chi connectivity index (χ4v) is 7.24. The third-order valence-electron chi connectivity index (χ3n) is 8.51. The van der Waals surface area contributed by atoms with Gasteiger partial charge in [-0.05, 0) is 61.2 Å². The van der Waals surface area contributed by atoms with Crippen LogP contribution in [-0.4, -0.2) is 30.7 Å². The molecule has 25 heavy (non-hydrogen) atoms. The summed E-state index contributed by atoms with van der Waals surface area (Å²) in [6.45, 7) is 9.13. The van der Waals surface area contributed by atoms with Gasteiger partial charge in [-0.3, -0.25) is 9.59 Å². The standard InChI is InChI=1S/C22H37NO2/c1-7-14-15-9-11-18-21(2,3)19(24)12-13-22(18,4)17(15)10-8-16(14)20(25)23(5)6/h14-18H,7-13H2,1-6H3. The van der Waals surface area contributed by atoms with Crippen molar-refractivity contribution in [3.05, 3.63) is 0 Å². The molecule has 0 aromatic rings. The van der Waals surface area contributed by atoms with E-state index in [-0.39, 0.29) is 16.7 Å². The van der Waals surface area contributed by atoms with Crippen LogP contribution in [0.3, 0.4) is 0 Å². The monoisotopic (exact) mass is 347 g/mol. The van der Waals surface area contributed by atoms with E-state index in [9.17, 15) is 9.59 Å². The van der Waals surface area contributed by atoms with Gasteiger partial charge in [0.2, 0.25) is 5.91 Å². The molecule has 6 unspecified atom stereocenters. The lowest BCUT2D eigenvalue weighted by atomic mass is 9.42. The summed E-state index contributed by atoms with van der Waals surface area (Å²) in [5, 5.41) is 0. The molecule has 0 aromatic heterocycles. The van der Waals surface area contributed by atoms with Crippen molar-refractivity contribution in [2.75, 3.05) is 14.1 Å². The molecule has 3 saturated carbocycles. The number of hydrogen-bond acceptors (Lipinski definition) is 2. The van der Waals surface area contributed by atoms with Gasteiger partial charge in [0, 0.05) is 31.8 Å². The summed E-state index contributed by atoms with van der Waals surface area (Å²) in [5.74, 6) is 3.40. The first-order valence-electron chi connectivity index (χ1n) is 10.4. The van der Waals surface area contributed by atoms with Gasteiger partial charge in [-0.15, -0.1) is 0 Å². The number of hydrogen-bond donors (Lipinski definition) is 0. The molecule has 0 aliphatic heterocycles. The van der Waals surface area contributed by atoms with Crippen LogP contribution in [0.5, 0.6) is 0 Å². The van der Waals surface area contributed by atoms with Crippen molar-refractivity contribution in [3.63, 3.8) is 0 Å². The molecule has 0 bridgehead atoms. The lowest BCUT2D eigenvalue weighted by Crippen LogP contribution is -2.58. The van der Waals surface area contributed by atoms with E-state index < -0.39 is 0 Å². The number of fused-ring (bicyclic) bond motifs is 3. The summed E-state index contributed by atoms with van der Waals surface area (Å²) in [6, 6.07) is 0. The van der Waals surface area contributed by atoms with Crippen molar-refractivity contribution in [1.82, 2.24) is 4.90 Å². The van der Waals surface area contributed by atoms with Gasteiger partial charge >= 0.3 is 0 Å². The van der Waals surface area contributed by atoms with Crippen LogP contribution >= 0.6 is 0 Å². The number of carbonyl (C=O) groups is 2. The number of carbonyl (C=O) groups excluding carboxylic acids is 2. The molecule has 0 N–H and O–H groups in total. The molecule has 3 heteroatoms. The number of rotatable bonds is 2. The second-order valence-corrected chi connectivity index (χ2v) is 10.0. The van der Waals surface area contributed by atoms with E-state index in [0.29, 0.717) is 35.4 Å². The molecule has 0 spiro atoms. The minimum atomic E-state index is -0.171. The van der Waals surface area contributed by atoms with Crippen LogP contribution in [0.15, 0.2) is 0 Å². The molecule has 1 amide bonds. The first-order chi connectivity index (χ1) is 11.6. The number of amides is 1. The first kappa shape index (κ1) is 18.9. The fraction of sp³-hybridized carbons (Fsp3) is 0.909. The maximum absolute atomic E-state index is 12.7. The molecule has 3 aliphatic carbocycles. The molecule has 0 radical (unpaired) electrons. The highest BCUT2D eigenvalue weighted by atomic mass is 16.2. The van der Waals surface area contributed by atoms with Gasteiger partial charge in [0.25, 0.3) is 0 Å². The van der Waals surface area contributed by atoms with E-state index >= 15 is 0 Å². The third kappa shape index (κ3) is 2.77. The Morgan fingerprint density at radius 2 is 1.80 bits per heavy atom.